The lowest BCUT2D eigenvalue weighted by atomic mass is 9.84. The fourth-order valence-corrected chi connectivity index (χ4v) is 1.71. The lowest BCUT2D eigenvalue weighted by Crippen LogP contribution is -2.53. The lowest BCUT2D eigenvalue weighted by Gasteiger charge is -2.39. The maximum absolute atomic E-state index is 11.2. The fourth-order valence-electron chi connectivity index (χ4n) is 1.71. The van der Waals surface area contributed by atoms with Crippen LogP contribution in [0.25, 0.3) is 0 Å². The second-order valence-corrected chi connectivity index (χ2v) is 5.43. The second kappa shape index (κ2) is 4.20. The number of urea groups is 1. The zero-order valence-electron chi connectivity index (χ0n) is 9.76. The van der Waals surface area contributed by atoms with Crippen LogP contribution in [0.2, 0.25) is 0 Å². The second-order valence-electron chi connectivity index (χ2n) is 5.43. The van der Waals surface area contributed by atoms with Gasteiger partial charge in [0.25, 0.3) is 0 Å². The van der Waals surface area contributed by atoms with E-state index >= 15 is 0 Å². The van der Waals surface area contributed by atoms with Gasteiger partial charge in [0.1, 0.15) is 0 Å². The van der Waals surface area contributed by atoms with Gasteiger partial charge >= 0.3 is 6.03 Å². The molecule has 3 nitrogen and oxygen atoms in total. The van der Waals surface area contributed by atoms with Crippen molar-refractivity contribution in [2.75, 3.05) is 20.1 Å². The molecule has 0 atom stereocenters. The number of hydrogen-bond acceptors (Lipinski definition) is 1. The van der Waals surface area contributed by atoms with Crippen LogP contribution in [0, 0.1) is 11.3 Å². The Labute approximate surface area is 86.9 Å². The normalized spacial score (nSPS) is 17.9. The van der Waals surface area contributed by atoms with E-state index in [1.807, 2.05) is 4.90 Å². The molecule has 0 aromatic carbocycles. The van der Waals surface area contributed by atoms with E-state index in [0.29, 0.717) is 5.41 Å². The van der Waals surface area contributed by atoms with Gasteiger partial charge in [-0.2, -0.15) is 0 Å². The Balaban J connectivity index is 2.13. The molecule has 0 spiro atoms. The third-order valence-electron chi connectivity index (χ3n) is 2.76. The average molecular weight is 198 g/mol. The molecule has 1 fully saturated rings. The number of likely N-dealkylation sites (tertiary alicyclic amines) is 1. The third-order valence-corrected chi connectivity index (χ3v) is 2.76. The molecular formula is C11H22N2O. The van der Waals surface area contributed by atoms with Crippen LogP contribution in [0.4, 0.5) is 4.79 Å². The predicted molar refractivity (Wildman–Crippen MR) is 58.2 cm³/mol. The van der Waals surface area contributed by atoms with Crippen molar-refractivity contribution >= 4 is 6.03 Å². The van der Waals surface area contributed by atoms with Gasteiger partial charge in [-0.15, -0.1) is 0 Å². The summed E-state index contributed by atoms with van der Waals surface area (Å²) in [5, 5.41) is 2.65. The number of carbonyl (C=O) groups excluding carboxylic acids is 1. The maximum atomic E-state index is 11.2. The van der Waals surface area contributed by atoms with Gasteiger partial charge in [0.2, 0.25) is 0 Å². The van der Waals surface area contributed by atoms with Crippen LogP contribution < -0.4 is 5.32 Å². The van der Waals surface area contributed by atoms with Gasteiger partial charge in [0.15, 0.2) is 0 Å². The number of nitrogens with one attached hydrogen (secondary N) is 1. The van der Waals surface area contributed by atoms with Gasteiger partial charge < -0.3 is 10.2 Å². The van der Waals surface area contributed by atoms with E-state index in [4.69, 9.17) is 0 Å². The molecule has 0 saturated carbocycles. The molecule has 0 aromatic rings. The zero-order chi connectivity index (χ0) is 10.8. The van der Waals surface area contributed by atoms with Crippen LogP contribution in [-0.2, 0) is 0 Å². The van der Waals surface area contributed by atoms with Crippen molar-refractivity contribution in [1.29, 1.82) is 0 Å². The van der Waals surface area contributed by atoms with E-state index in [1.54, 1.807) is 7.05 Å². The Morgan fingerprint density at radius 3 is 2.43 bits per heavy atom. The molecule has 1 aliphatic heterocycles. The highest BCUT2D eigenvalue weighted by molar-refractivity contribution is 5.74. The largest absolute Gasteiger partial charge is 0.341 e. The first-order valence-corrected chi connectivity index (χ1v) is 5.39. The summed E-state index contributed by atoms with van der Waals surface area (Å²) in [5.41, 5.74) is 0.424. The highest BCUT2D eigenvalue weighted by Gasteiger charge is 2.30. The van der Waals surface area contributed by atoms with E-state index < -0.39 is 0 Å². The van der Waals surface area contributed by atoms with E-state index in [9.17, 15) is 4.79 Å². The first-order valence-electron chi connectivity index (χ1n) is 5.39. The maximum Gasteiger partial charge on any atom is 0.317 e. The average Bonchev–Trinajstić information content (AvgIpc) is 1.98. The van der Waals surface area contributed by atoms with Crippen molar-refractivity contribution in [2.45, 2.75) is 33.6 Å². The number of hydrogen-bond donors (Lipinski definition) is 1. The SMILES string of the molecule is CNC(=O)N1CC(CCC(C)(C)C)C1. The minimum atomic E-state index is 0.0667. The molecule has 0 unspecified atom stereocenters. The molecule has 0 bridgehead atoms. The Hall–Kier alpha value is -0.730. The Bertz CT molecular complexity index is 202. The van der Waals surface area contributed by atoms with Crippen molar-refractivity contribution in [3.05, 3.63) is 0 Å². The summed E-state index contributed by atoms with van der Waals surface area (Å²) in [6, 6.07) is 0.0667. The molecule has 2 amide bonds. The fraction of sp³-hybridized carbons (Fsp3) is 0.909. The highest BCUT2D eigenvalue weighted by Crippen LogP contribution is 2.27. The van der Waals surface area contributed by atoms with Crippen molar-refractivity contribution in [2.24, 2.45) is 11.3 Å². The number of amides is 2. The quantitative estimate of drug-likeness (QED) is 0.724. The van der Waals surface area contributed by atoms with Gasteiger partial charge in [0, 0.05) is 20.1 Å². The summed E-state index contributed by atoms with van der Waals surface area (Å²) < 4.78 is 0. The zero-order valence-corrected chi connectivity index (χ0v) is 9.76. The van der Waals surface area contributed by atoms with Crippen LogP contribution >= 0.6 is 0 Å². The number of rotatable bonds is 2. The first kappa shape index (κ1) is 11.3. The molecule has 1 rings (SSSR count). The Morgan fingerprint density at radius 2 is 2.00 bits per heavy atom. The molecule has 0 aromatic heterocycles. The highest BCUT2D eigenvalue weighted by atomic mass is 16.2. The van der Waals surface area contributed by atoms with Gasteiger partial charge in [-0.3, -0.25) is 0 Å². The van der Waals surface area contributed by atoms with Crippen LogP contribution in [0.1, 0.15) is 33.6 Å². The molecule has 3 heteroatoms. The summed E-state index contributed by atoms with van der Waals surface area (Å²) in [5.74, 6) is 0.728. The summed E-state index contributed by atoms with van der Waals surface area (Å²) in [4.78, 5) is 13.0. The molecule has 0 aliphatic carbocycles. The lowest BCUT2D eigenvalue weighted by molar-refractivity contribution is 0.109. The molecule has 1 heterocycles. The van der Waals surface area contributed by atoms with Crippen LogP contribution in [0.5, 0.6) is 0 Å². The number of nitrogens with zero attached hydrogens (tertiary/aromatic N) is 1. The van der Waals surface area contributed by atoms with E-state index in [1.165, 1.54) is 12.8 Å². The molecule has 1 saturated heterocycles. The summed E-state index contributed by atoms with van der Waals surface area (Å²) in [6.45, 7) is 8.68. The molecule has 14 heavy (non-hydrogen) atoms. The standard InChI is InChI=1S/C11H22N2O/c1-11(2,3)6-5-9-7-13(8-9)10(14)12-4/h9H,5-8H2,1-4H3,(H,12,14). The van der Waals surface area contributed by atoms with Gasteiger partial charge in [0.05, 0.1) is 0 Å². The molecule has 82 valence electrons. The molecule has 1 N–H and O–H groups in total. The van der Waals surface area contributed by atoms with E-state index in [2.05, 4.69) is 26.1 Å². The predicted octanol–water partition coefficient (Wildman–Crippen LogP) is 2.08. The molecule has 1 aliphatic rings. The van der Waals surface area contributed by atoms with Crippen LogP contribution in [0.15, 0.2) is 0 Å². The summed E-state index contributed by atoms with van der Waals surface area (Å²) in [7, 11) is 1.69. The van der Waals surface area contributed by atoms with Crippen molar-refractivity contribution in [3.8, 4) is 0 Å². The summed E-state index contributed by atoms with van der Waals surface area (Å²) in [6.07, 6.45) is 2.50. The third kappa shape index (κ3) is 3.20. The van der Waals surface area contributed by atoms with Gasteiger partial charge in [-0.1, -0.05) is 20.8 Å². The monoisotopic (exact) mass is 198 g/mol. The first-order chi connectivity index (χ1) is 6.42. The van der Waals surface area contributed by atoms with Crippen molar-refractivity contribution < 1.29 is 4.79 Å². The minimum Gasteiger partial charge on any atom is -0.341 e. The van der Waals surface area contributed by atoms with Gasteiger partial charge in [-0.05, 0) is 24.2 Å². The topological polar surface area (TPSA) is 32.3 Å². The van der Waals surface area contributed by atoms with E-state index in [0.717, 1.165) is 19.0 Å². The van der Waals surface area contributed by atoms with Crippen molar-refractivity contribution in [1.82, 2.24) is 10.2 Å². The Morgan fingerprint density at radius 1 is 1.43 bits per heavy atom. The van der Waals surface area contributed by atoms with Gasteiger partial charge in [-0.25, -0.2) is 4.79 Å². The van der Waals surface area contributed by atoms with Crippen LogP contribution in [-0.4, -0.2) is 31.1 Å². The summed E-state index contributed by atoms with van der Waals surface area (Å²) >= 11 is 0. The van der Waals surface area contributed by atoms with Crippen LogP contribution in [0.3, 0.4) is 0 Å². The van der Waals surface area contributed by atoms with E-state index in [-0.39, 0.29) is 6.03 Å². The Kier molecular flexibility index (Phi) is 3.40. The molecule has 0 radical (unpaired) electrons. The number of carbonyl (C=O) groups is 1. The molecular weight excluding hydrogens is 176 g/mol. The minimum absolute atomic E-state index is 0.0667. The smallest absolute Gasteiger partial charge is 0.317 e. The van der Waals surface area contributed by atoms with Crippen molar-refractivity contribution in [3.63, 3.8) is 0 Å².